The molecule has 0 aliphatic rings. The number of rotatable bonds is 3. The lowest BCUT2D eigenvalue weighted by atomic mass is 10.2. The van der Waals surface area contributed by atoms with Gasteiger partial charge in [-0.3, -0.25) is 0 Å². The van der Waals surface area contributed by atoms with Gasteiger partial charge in [-0.15, -0.1) is 11.6 Å². The quantitative estimate of drug-likeness (QED) is 0.766. The molecule has 0 bridgehead atoms. The summed E-state index contributed by atoms with van der Waals surface area (Å²) in [6, 6.07) is 8.08. The molecule has 0 radical (unpaired) electrons. The predicted octanol–water partition coefficient (Wildman–Crippen LogP) is 4.14. The first-order chi connectivity index (χ1) is 8.17. The van der Waals surface area contributed by atoms with Crippen LogP contribution >= 0.6 is 23.2 Å². The molecular weight excluding hydrogens is 255 g/mol. The molecule has 4 heteroatoms. The van der Waals surface area contributed by atoms with E-state index in [-0.39, 0.29) is 0 Å². The van der Waals surface area contributed by atoms with Crippen LogP contribution in [0.3, 0.4) is 0 Å². The number of hydrogen-bond acceptors (Lipinski definition) is 1. The summed E-state index contributed by atoms with van der Waals surface area (Å²) in [5.41, 5.74) is 4.05. The second-order valence-corrected chi connectivity index (χ2v) is 4.58. The van der Waals surface area contributed by atoms with E-state index >= 15 is 0 Å². The highest BCUT2D eigenvalue weighted by Crippen LogP contribution is 2.25. The van der Waals surface area contributed by atoms with Crippen molar-refractivity contribution in [1.29, 1.82) is 0 Å². The van der Waals surface area contributed by atoms with Gasteiger partial charge in [0.15, 0.2) is 0 Å². The van der Waals surface area contributed by atoms with Crippen molar-refractivity contribution in [2.24, 2.45) is 0 Å². The number of hydrogen-bond donors (Lipinski definition) is 0. The van der Waals surface area contributed by atoms with E-state index in [4.69, 9.17) is 23.2 Å². The van der Waals surface area contributed by atoms with Gasteiger partial charge in [-0.05, 0) is 31.0 Å². The summed E-state index contributed by atoms with van der Waals surface area (Å²) in [6.07, 6.45) is 0.834. The number of aromatic nitrogens is 2. The lowest BCUT2D eigenvalue weighted by Gasteiger charge is -2.04. The third-order valence-electron chi connectivity index (χ3n) is 2.72. The third-order valence-corrected chi connectivity index (χ3v) is 3.37. The van der Waals surface area contributed by atoms with Crippen LogP contribution in [0.4, 0.5) is 0 Å². The smallest absolute Gasteiger partial charge is 0.137 e. The van der Waals surface area contributed by atoms with Crippen molar-refractivity contribution in [2.75, 3.05) is 0 Å². The zero-order chi connectivity index (χ0) is 12.4. The van der Waals surface area contributed by atoms with Gasteiger partial charge in [-0.2, -0.15) is 5.10 Å². The highest BCUT2D eigenvalue weighted by molar-refractivity contribution is 6.31. The first-order valence-corrected chi connectivity index (χ1v) is 6.48. The van der Waals surface area contributed by atoms with Crippen LogP contribution < -0.4 is 0 Å². The van der Waals surface area contributed by atoms with Crippen LogP contribution in [-0.2, 0) is 12.3 Å². The molecule has 0 amide bonds. The summed E-state index contributed by atoms with van der Waals surface area (Å²) in [6.45, 7) is 4.10. The lowest BCUT2D eigenvalue weighted by Crippen LogP contribution is -1.97. The molecular formula is C13H14Cl2N2. The Morgan fingerprint density at radius 3 is 2.65 bits per heavy atom. The molecule has 0 N–H and O–H groups in total. The molecule has 1 heterocycles. The first kappa shape index (κ1) is 12.5. The van der Waals surface area contributed by atoms with E-state index in [0.717, 1.165) is 23.4 Å². The Balaban J connectivity index is 2.56. The summed E-state index contributed by atoms with van der Waals surface area (Å²) in [5, 5.41) is 5.12. The number of halogens is 2. The van der Waals surface area contributed by atoms with E-state index in [2.05, 4.69) is 18.1 Å². The van der Waals surface area contributed by atoms with Gasteiger partial charge in [0.2, 0.25) is 0 Å². The minimum Gasteiger partial charge on any atom is -0.222 e. The summed E-state index contributed by atoms with van der Waals surface area (Å²) in [7, 11) is 0. The standard InChI is InChI=1S/C13H14Cl2N2/c1-3-12-11(8-14)13(15)17(16-12)10-6-4-5-9(2)7-10/h4-7H,3,8H2,1-2H3. The molecule has 1 aromatic heterocycles. The van der Waals surface area contributed by atoms with Crippen molar-refractivity contribution in [3.8, 4) is 5.69 Å². The molecule has 17 heavy (non-hydrogen) atoms. The molecule has 2 rings (SSSR count). The van der Waals surface area contributed by atoms with Gasteiger partial charge in [-0.1, -0.05) is 30.7 Å². The van der Waals surface area contributed by atoms with Crippen LogP contribution in [0.2, 0.25) is 5.15 Å². The van der Waals surface area contributed by atoms with Crippen LogP contribution in [0.5, 0.6) is 0 Å². The number of alkyl halides is 1. The summed E-state index contributed by atoms with van der Waals surface area (Å²) in [4.78, 5) is 0. The molecule has 90 valence electrons. The Morgan fingerprint density at radius 2 is 2.12 bits per heavy atom. The maximum Gasteiger partial charge on any atom is 0.137 e. The molecule has 0 aliphatic carbocycles. The SMILES string of the molecule is CCc1nn(-c2cccc(C)c2)c(Cl)c1CCl. The van der Waals surface area contributed by atoms with E-state index in [9.17, 15) is 0 Å². The van der Waals surface area contributed by atoms with Crippen molar-refractivity contribution < 1.29 is 0 Å². The van der Waals surface area contributed by atoms with E-state index in [1.807, 2.05) is 25.1 Å². The predicted molar refractivity (Wildman–Crippen MR) is 72.2 cm³/mol. The van der Waals surface area contributed by atoms with Crippen LogP contribution in [0, 0.1) is 6.92 Å². The molecule has 0 unspecified atom stereocenters. The molecule has 0 fully saturated rings. The van der Waals surface area contributed by atoms with Gasteiger partial charge in [0.25, 0.3) is 0 Å². The number of nitrogens with zero attached hydrogens (tertiary/aromatic N) is 2. The summed E-state index contributed by atoms with van der Waals surface area (Å²) < 4.78 is 1.76. The van der Waals surface area contributed by atoms with Gasteiger partial charge in [0, 0.05) is 5.56 Å². The summed E-state index contributed by atoms with van der Waals surface area (Å²) in [5.74, 6) is 0.397. The third kappa shape index (κ3) is 2.33. The molecule has 0 saturated carbocycles. The van der Waals surface area contributed by atoms with Crippen molar-refractivity contribution in [1.82, 2.24) is 9.78 Å². The van der Waals surface area contributed by atoms with Gasteiger partial charge in [-0.25, -0.2) is 4.68 Å². The van der Waals surface area contributed by atoms with Crippen LogP contribution in [0.25, 0.3) is 5.69 Å². The second kappa shape index (κ2) is 5.11. The average molecular weight is 269 g/mol. The minimum atomic E-state index is 0.397. The topological polar surface area (TPSA) is 17.8 Å². The fourth-order valence-corrected chi connectivity index (χ4v) is 2.48. The van der Waals surface area contributed by atoms with E-state index in [0.29, 0.717) is 11.0 Å². The molecule has 2 nitrogen and oxygen atoms in total. The van der Waals surface area contributed by atoms with Gasteiger partial charge in [0.05, 0.1) is 17.3 Å². The Kier molecular flexibility index (Phi) is 3.75. The Hall–Kier alpha value is -0.990. The Labute approximate surface area is 111 Å². The van der Waals surface area contributed by atoms with Crippen molar-refractivity contribution in [2.45, 2.75) is 26.1 Å². The zero-order valence-corrected chi connectivity index (χ0v) is 11.4. The molecule has 0 aliphatic heterocycles. The summed E-state index contributed by atoms with van der Waals surface area (Å²) >= 11 is 12.2. The van der Waals surface area contributed by atoms with Crippen LogP contribution in [-0.4, -0.2) is 9.78 Å². The normalized spacial score (nSPS) is 10.8. The van der Waals surface area contributed by atoms with Crippen molar-refractivity contribution in [3.05, 3.63) is 46.2 Å². The number of benzene rings is 1. The zero-order valence-electron chi connectivity index (χ0n) is 9.87. The van der Waals surface area contributed by atoms with E-state index in [1.54, 1.807) is 4.68 Å². The number of aryl methyl sites for hydroxylation is 2. The second-order valence-electron chi connectivity index (χ2n) is 3.95. The Morgan fingerprint density at radius 1 is 1.35 bits per heavy atom. The molecule has 2 aromatic rings. The van der Waals surface area contributed by atoms with Gasteiger partial charge in [0.1, 0.15) is 5.15 Å². The molecule has 0 atom stereocenters. The highest BCUT2D eigenvalue weighted by atomic mass is 35.5. The fourth-order valence-electron chi connectivity index (χ4n) is 1.82. The largest absolute Gasteiger partial charge is 0.222 e. The van der Waals surface area contributed by atoms with Crippen molar-refractivity contribution in [3.63, 3.8) is 0 Å². The van der Waals surface area contributed by atoms with E-state index < -0.39 is 0 Å². The lowest BCUT2D eigenvalue weighted by molar-refractivity contribution is 0.841. The Bertz CT molecular complexity index is 532. The van der Waals surface area contributed by atoms with Gasteiger partial charge >= 0.3 is 0 Å². The van der Waals surface area contributed by atoms with Crippen LogP contribution in [0.15, 0.2) is 24.3 Å². The van der Waals surface area contributed by atoms with Gasteiger partial charge < -0.3 is 0 Å². The highest BCUT2D eigenvalue weighted by Gasteiger charge is 2.15. The fraction of sp³-hybridized carbons (Fsp3) is 0.308. The van der Waals surface area contributed by atoms with E-state index in [1.165, 1.54) is 5.56 Å². The van der Waals surface area contributed by atoms with Crippen molar-refractivity contribution >= 4 is 23.2 Å². The first-order valence-electron chi connectivity index (χ1n) is 5.56. The maximum absolute atomic E-state index is 6.31. The minimum absolute atomic E-state index is 0.397. The molecule has 0 spiro atoms. The molecule has 0 saturated heterocycles. The monoisotopic (exact) mass is 268 g/mol. The maximum atomic E-state index is 6.31. The molecule has 1 aromatic carbocycles. The average Bonchev–Trinajstić information content (AvgIpc) is 2.65. The van der Waals surface area contributed by atoms with Crippen LogP contribution in [0.1, 0.15) is 23.7 Å².